The van der Waals surface area contributed by atoms with Gasteiger partial charge in [-0.15, -0.1) is 0 Å². The zero-order valence-corrected chi connectivity index (χ0v) is 10.8. The van der Waals surface area contributed by atoms with Crippen LogP contribution in [0.3, 0.4) is 0 Å². The first-order valence-electron chi connectivity index (χ1n) is 4.41. The Kier molecular flexibility index (Phi) is 3.60. The van der Waals surface area contributed by atoms with Crippen LogP contribution in [-0.2, 0) is 0 Å². The Labute approximate surface area is 101 Å². The summed E-state index contributed by atoms with van der Waals surface area (Å²) in [5.74, 6) is -0.879. The molecule has 0 saturated heterocycles. The molecule has 0 heterocycles. The van der Waals surface area contributed by atoms with E-state index in [0.29, 0.717) is 5.56 Å². The van der Waals surface area contributed by atoms with Gasteiger partial charge >= 0.3 is 5.97 Å². The summed E-state index contributed by atoms with van der Waals surface area (Å²) in [6.45, 7) is 1.98. The average molecular weight is 256 g/mol. The topological polar surface area (TPSA) is 37.3 Å². The first-order valence-corrected chi connectivity index (χ1v) is 4.41. The molecular weight excluding hydrogens is 246 g/mol. The van der Waals surface area contributed by atoms with E-state index in [4.69, 9.17) is 5.11 Å². The average Bonchev–Trinajstić information content (AvgIpc) is 2.18. The number of carboxylic acids is 1. The number of hydrogen-bond donors (Lipinski definition) is 1. The van der Waals surface area contributed by atoms with Crippen molar-refractivity contribution in [1.82, 2.24) is 0 Å². The molecule has 0 atom stereocenters. The van der Waals surface area contributed by atoms with Gasteiger partial charge in [-0.05, 0) is 35.4 Å². The van der Waals surface area contributed by atoms with E-state index in [-0.39, 0.29) is 19.8 Å². The van der Waals surface area contributed by atoms with Crippen LogP contribution in [0.25, 0.3) is 10.8 Å². The third kappa shape index (κ3) is 2.25. The Hall–Kier alpha value is -1.19. The largest absolute Gasteiger partial charge is 0.478 e. The van der Waals surface area contributed by atoms with Gasteiger partial charge in [-0.3, -0.25) is 0 Å². The first kappa shape index (κ1) is 11.9. The van der Waals surface area contributed by atoms with Crippen molar-refractivity contribution in [2.45, 2.75) is 6.92 Å². The Balaban J connectivity index is 0.00000112. The minimum atomic E-state index is -0.879. The van der Waals surface area contributed by atoms with E-state index in [1.54, 1.807) is 12.1 Å². The first-order chi connectivity index (χ1) is 6.68. The molecule has 2 nitrogen and oxygen atoms in total. The number of aromatic carboxylic acids is 1. The summed E-state index contributed by atoms with van der Waals surface area (Å²) in [5.41, 5.74) is 1.44. The molecule has 0 aliphatic rings. The van der Waals surface area contributed by atoms with Crippen molar-refractivity contribution in [2.75, 3.05) is 0 Å². The van der Waals surface area contributed by atoms with Gasteiger partial charge in [-0.1, -0.05) is 24.3 Å². The van der Waals surface area contributed by atoms with Gasteiger partial charge in [0.2, 0.25) is 0 Å². The molecule has 2 aromatic carbocycles. The molecule has 0 aromatic heterocycles. The Morgan fingerprint density at radius 2 is 1.93 bits per heavy atom. The van der Waals surface area contributed by atoms with Crippen LogP contribution in [-0.4, -0.2) is 30.9 Å². The van der Waals surface area contributed by atoms with E-state index < -0.39 is 5.97 Å². The van der Waals surface area contributed by atoms with Crippen LogP contribution in [0.5, 0.6) is 0 Å². The fourth-order valence-corrected chi connectivity index (χ4v) is 1.56. The summed E-state index contributed by atoms with van der Waals surface area (Å²) in [7, 11) is 0. The maximum Gasteiger partial charge on any atom is 0.335 e. The summed E-state index contributed by atoms with van der Waals surface area (Å²) in [4.78, 5) is 10.8. The molecule has 2 rings (SSSR count). The Morgan fingerprint density at radius 3 is 2.60 bits per heavy atom. The molecule has 0 unspecified atom stereocenters. The standard InChI is InChI=1S/C12H10O2.Ga/c1-8-3-2-4-9-5-6-10(12(13)14)7-11(8)9;/h2-7H,1H3,(H,13,14);. The van der Waals surface area contributed by atoms with Crippen LogP contribution in [0.2, 0.25) is 0 Å². The number of rotatable bonds is 1. The van der Waals surface area contributed by atoms with Gasteiger partial charge in [0.25, 0.3) is 0 Å². The van der Waals surface area contributed by atoms with Gasteiger partial charge in [-0.2, -0.15) is 0 Å². The van der Waals surface area contributed by atoms with Crippen molar-refractivity contribution in [3.05, 3.63) is 47.5 Å². The maximum absolute atomic E-state index is 10.8. The van der Waals surface area contributed by atoms with Crippen molar-refractivity contribution in [1.29, 1.82) is 0 Å². The minimum Gasteiger partial charge on any atom is -0.478 e. The van der Waals surface area contributed by atoms with Gasteiger partial charge in [0.05, 0.1) is 5.56 Å². The van der Waals surface area contributed by atoms with Gasteiger partial charge in [0.15, 0.2) is 0 Å². The van der Waals surface area contributed by atoms with Crippen LogP contribution in [0, 0.1) is 6.92 Å². The molecule has 15 heavy (non-hydrogen) atoms. The third-order valence-electron chi connectivity index (χ3n) is 2.35. The van der Waals surface area contributed by atoms with E-state index >= 15 is 0 Å². The quantitative estimate of drug-likeness (QED) is 0.795. The van der Waals surface area contributed by atoms with E-state index in [1.807, 2.05) is 31.2 Å². The van der Waals surface area contributed by atoms with E-state index in [0.717, 1.165) is 16.3 Å². The van der Waals surface area contributed by atoms with Crippen molar-refractivity contribution < 1.29 is 9.90 Å². The van der Waals surface area contributed by atoms with Crippen LogP contribution in [0.1, 0.15) is 15.9 Å². The fraction of sp³-hybridized carbons (Fsp3) is 0.0833. The Morgan fingerprint density at radius 1 is 1.20 bits per heavy atom. The Bertz CT molecular complexity index is 506. The van der Waals surface area contributed by atoms with Gasteiger partial charge in [-0.25, -0.2) is 4.79 Å². The monoisotopic (exact) mass is 255 g/mol. The number of carbonyl (C=O) groups is 1. The van der Waals surface area contributed by atoms with Crippen molar-refractivity contribution in [2.24, 2.45) is 0 Å². The van der Waals surface area contributed by atoms with E-state index in [9.17, 15) is 4.79 Å². The SMILES string of the molecule is Cc1cccc2ccc(C(=O)O)cc12.[Ga]. The maximum atomic E-state index is 10.8. The second-order valence-corrected chi connectivity index (χ2v) is 3.32. The van der Waals surface area contributed by atoms with Gasteiger partial charge in [0, 0.05) is 19.8 Å². The number of fused-ring (bicyclic) bond motifs is 1. The third-order valence-corrected chi connectivity index (χ3v) is 2.35. The molecule has 0 saturated carbocycles. The molecule has 1 N–H and O–H groups in total. The summed E-state index contributed by atoms with van der Waals surface area (Å²) in [6, 6.07) is 11.1. The second-order valence-electron chi connectivity index (χ2n) is 3.32. The summed E-state index contributed by atoms with van der Waals surface area (Å²) in [5, 5.41) is 10.9. The molecule has 3 heteroatoms. The number of carboxylic acid groups (broad SMARTS) is 1. The minimum absolute atomic E-state index is 0. The molecule has 0 fully saturated rings. The zero-order valence-electron chi connectivity index (χ0n) is 8.40. The summed E-state index contributed by atoms with van der Waals surface area (Å²) < 4.78 is 0. The van der Waals surface area contributed by atoms with Crippen LogP contribution in [0.15, 0.2) is 36.4 Å². The molecular formula is C12H10GaO2. The number of hydrogen-bond acceptors (Lipinski definition) is 1. The van der Waals surface area contributed by atoms with Crippen LogP contribution < -0.4 is 0 Å². The predicted molar refractivity (Wildman–Crippen MR) is 61.4 cm³/mol. The van der Waals surface area contributed by atoms with Crippen molar-refractivity contribution >= 4 is 36.5 Å². The molecule has 0 amide bonds. The molecule has 73 valence electrons. The summed E-state index contributed by atoms with van der Waals surface area (Å²) in [6.07, 6.45) is 0. The molecule has 0 aliphatic heterocycles. The van der Waals surface area contributed by atoms with Crippen molar-refractivity contribution in [3.8, 4) is 0 Å². The van der Waals surface area contributed by atoms with E-state index in [1.165, 1.54) is 0 Å². The molecule has 3 radical (unpaired) electrons. The van der Waals surface area contributed by atoms with Crippen LogP contribution >= 0.6 is 0 Å². The normalized spacial score (nSPS) is 9.67. The number of aryl methyl sites for hydroxylation is 1. The molecule has 0 aliphatic carbocycles. The fourth-order valence-electron chi connectivity index (χ4n) is 1.56. The number of benzene rings is 2. The molecule has 2 aromatic rings. The van der Waals surface area contributed by atoms with Gasteiger partial charge < -0.3 is 5.11 Å². The molecule has 0 spiro atoms. The second kappa shape index (κ2) is 4.55. The predicted octanol–water partition coefficient (Wildman–Crippen LogP) is 2.47. The van der Waals surface area contributed by atoms with Gasteiger partial charge in [0.1, 0.15) is 0 Å². The summed E-state index contributed by atoms with van der Waals surface area (Å²) >= 11 is 0. The van der Waals surface area contributed by atoms with E-state index in [2.05, 4.69) is 0 Å². The van der Waals surface area contributed by atoms with Crippen LogP contribution in [0.4, 0.5) is 0 Å². The zero-order chi connectivity index (χ0) is 10.1. The smallest absolute Gasteiger partial charge is 0.335 e. The molecule has 0 bridgehead atoms. The van der Waals surface area contributed by atoms with Crippen molar-refractivity contribution in [3.63, 3.8) is 0 Å².